The minimum atomic E-state index is -0.0427. The molecule has 1 aromatic carbocycles. The number of nitrogens with one attached hydrogen (secondary N) is 2. The summed E-state index contributed by atoms with van der Waals surface area (Å²) in [5.74, 6) is 2.88. The molecule has 0 fully saturated rings. The van der Waals surface area contributed by atoms with Gasteiger partial charge in [0.1, 0.15) is 13.2 Å². The number of Topliss-reactive ketones (excluding diaryl/α,β-unsaturated/α-hetero) is 1. The first-order chi connectivity index (χ1) is 14.2. The Morgan fingerprint density at radius 2 is 1.90 bits per heavy atom. The molecular formula is C18H21N7O3S. The first kappa shape index (κ1) is 19.2. The highest BCUT2D eigenvalue weighted by Crippen LogP contribution is 2.31. The SMILES string of the molecule is CCNc1nc(NCC)n2c(SCC(=O)c3ccc4c(c3)OCCO4)nnc2n1. The molecular weight excluding hydrogens is 394 g/mol. The third kappa shape index (κ3) is 4.04. The van der Waals surface area contributed by atoms with Gasteiger partial charge in [0.05, 0.1) is 5.75 Å². The van der Waals surface area contributed by atoms with Crippen LogP contribution < -0.4 is 20.1 Å². The second-order valence-corrected chi connectivity index (χ2v) is 7.06. The van der Waals surface area contributed by atoms with Gasteiger partial charge in [-0.15, -0.1) is 10.2 Å². The number of aromatic nitrogens is 5. The van der Waals surface area contributed by atoms with E-state index in [1.807, 2.05) is 13.8 Å². The Balaban J connectivity index is 1.54. The number of nitrogens with zero attached hydrogens (tertiary/aromatic N) is 5. The van der Waals surface area contributed by atoms with E-state index in [0.29, 0.717) is 66.2 Å². The fraction of sp³-hybridized carbons (Fsp3) is 0.389. The van der Waals surface area contributed by atoms with Crippen molar-refractivity contribution >= 4 is 35.2 Å². The smallest absolute Gasteiger partial charge is 0.261 e. The molecule has 0 radical (unpaired) electrons. The summed E-state index contributed by atoms with van der Waals surface area (Å²) >= 11 is 1.28. The summed E-state index contributed by atoms with van der Waals surface area (Å²) in [7, 11) is 0. The fourth-order valence-electron chi connectivity index (χ4n) is 2.83. The lowest BCUT2D eigenvalue weighted by molar-refractivity contribution is 0.102. The summed E-state index contributed by atoms with van der Waals surface area (Å²) in [6.07, 6.45) is 0. The Morgan fingerprint density at radius 1 is 1.10 bits per heavy atom. The van der Waals surface area contributed by atoms with Gasteiger partial charge in [-0.25, -0.2) is 4.40 Å². The third-order valence-electron chi connectivity index (χ3n) is 4.11. The highest BCUT2D eigenvalue weighted by Gasteiger charge is 2.18. The van der Waals surface area contributed by atoms with Crippen LogP contribution >= 0.6 is 11.8 Å². The van der Waals surface area contributed by atoms with E-state index >= 15 is 0 Å². The topological polar surface area (TPSA) is 116 Å². The number of hydrogen-bond donors (Lipinski definition) is 2. The van der Waals surface area contributed by atoms with E-state index in [0.717, 1.165) is 0 Å². The van der Waals surface area contributed by atoms with Crippen LogP contribution in [-0.4, -0.2) is 62.4 Å². The van der Waals surface area contributed by atoms with Gasteiger partial charge in [0, 0.05) is 18.7 Å². The van der Waals surface area contributed by atoms with Gasteiger partial charge in [0.15, 0.2) is 22.4 Å². The van der Waals surface area contributed by atoms with E-state index in [-0.39, 0.29) is 11.5 Å². The number of fused-ring (bicyclic) bond motifs is 2. The zero-order chi connectivity index (χ0) is 20.2. The number of rotatable bonds is 8. The molecule has 0 saturated carbocycles. The van der Waals surface area contributed by atoms with Crippen molar-refractivity contribution in [2.24, 2.45) is 0 Å². The standard InChI is InChI=1S/C18H21N7O3S/c1-3-19-15-21-16(20-4-2)25-17(22-15)23-24-18(25)29-10-12(26)11-5-6-13-14(9-11)28-8-7-27-13/h5-6,9H,3-4,7-8,10H2,1-2H3,(H2,19,20,21,22,23). The molecule has 3 heterocycles. The molecule has 0 amide bonds. The van der Waals surface area contributed by atoms with Crippen molar-refractivity contribution in [1.82, 2.24) is 24.6 Å². The van der Waals surface area contributed by atoms with Crippen LogP contribution in [0.15, 0.2) is 23.4 Å². The van der Waals surface area contributed by atoms with E-state index in [1.165, 1.54) is 11.8 Å². The average Bonchev–Trinajstić information content (AvgIpc) is 3.15. The fourth-order valence-corrected chi connectivity index (χ4v) is 3.65. The van der Waals surface area contributed by atoms with Crippen LogP contribution in [0.25, 0.3) is 5.78 Å². The average molecular weight is 415 g/mol. The number of ketones is 1. The highest BCUT2D eigenvalue weighted by molar-refractivity contribution is 7.99. The number of anilines is 2. The number of carbonyl (C=O) groups excluding carboxylic acids is 1. The van der Waals surface area contributed by atoms with Crippen LogP contribution in [0.1, 0.15) is 24.2 Å². The Kier molecular flexibility index (Phi) is 5.65. The Morgan fingerprint density at radius 3 is 2.69 bits per heavy atom. The van der Waals surface area contributed by atoms with Gasteiger partial charge in [0.2, 0.25) is 11.9 Å². The summed E-state index contributed by atoms with van der Waals surface area (Å²) in [6, 6.07) is 5.22. The molecule has 0 unspecified atom stereocenters. The van der Waals surface area contributed by atoms with Crippen molar-refractivity contribution < 1.29 is 14.3 Å². The molecule has 29 heavy (non-hydrogen) atoms. The second kappa shape index (κ2) is 8.52. The van der Waals surface area contributed by atoms with Gasteiger partial charge in [-0.3, -0.25) is 4.79 Å². The van der Waals surface area contributed by atoms with Gasteiger partial charge in [-0.1, -0.05) is 11.8 Å². The van der Waals surface area contributed by atoms with Crippen LogP contribution in [0.4, 0.5) is 11.9 Å². The Hall–Kier alpha value is -3.08. The Labute approximate surface area is 171 Å². The van der Waals surface area contributed by atoms with Gasteiger partial charge >= 0.3 is 0 Å². The zero-order valence-corrected chi connectivity index (χ0v) is 17.0. The maximum Gasteiger partial charge on any atom is 0.261 e. The molecule has 2 N–H and O–H groups in total. The summed E-state index contributed by atoms with van der Waals surface area (Å²) in [5, 5.41) is 15.1. The van der Waals surface area contributed by atoms with Crippen LogP contribution in [0.3, 0.4) is 0 Å². The summed E-state index contributed by atoms with van der Waals surface area (Å²) < 4.78 is 12.8. The van der Waals surface area contributed by atoms with E-state index in [2.05, 4.69) is 30.8 Å². The van der Waals surface area contributed by atoms with Crippen LogP contribution in [0.2, 0.25) is 0 Å². The van der Waals surface area contributed by atoms with Crippen molar-refractivity contribution in [1.29, 1.82) is 0 Å². The number of benzene rings is 1. The minimum absolute atomic E-state index is 0.0427. The maximum atomic E-state index is 12.7. The minimum Gasteiger partial charge on any atom is -0.486 e. The summed E-state index contributed by atoms with van der Waals surface area (Å²) in [4.78, 5) is 21.5. The normalized spacial score (nSPS) is 12.8. The molecule has 3 aromatic rings. The van der Waals surface area contributed by atoms with Crippen LogP contribution in [0, 0.1) is 0 Å². The van der Waals surface area contributed by atoms with Crippen molar-refractivity contribution in [3.8, 4) is 11.5 Å². The quantitative estimate of drug-likeness (QED) is 0.419. The monoisotopic (exact) mass is 415 g/mol. The molecule has 1 aliphatic rings. The number of carbonyl (C=O) groups is 1. The van der Waals surface area contributed by atoms with Gasteiger partial charge in [0.25, 0.3) is 5.78 Å². The predicted octanol–water partition coefficient (Wildman–Crippen LogP) is 2.13. The molecule has 0 spiro atoms. The number of thioether (sulfide) groups is 1. The van der Waals surface area contributed by atoms with E-state index in [4.69, 9.17) is 9.47 Å². The first-order valence-electron chi connectivity index (χ1n) is 9.36. The molecule has 1 aliphatic heterocycles. The van der Waals surface area contributed by atoms with Crippen LogP contribution in [-0.2, 0) is 0 Å². The highest BCUT2D eigenvalue weighted by atomic mass is 32.2. The number of hydrogen-bond acceptors (Lipinski definition) is 10. The van der Waals surface area contributed by atoms with Crippen molar-refractivity contribution in [3.05, 3.63) is 23.8 Å². The second-order valence-electron chi connectivity index (χ2n) is 6.12. The lowest BCUT2D eigenvalue weighted by atomic mass is 10.1. The van der Waals surface area contributed by atoms with Gasteiger partial charge < -0.3 is 20.1 Å². The van der Waals surface area contributed by atoms with E-state index in [9.17, 15) is 4.79 Å². The molecule has 0 atom stereocenters. The summed E-state index contributed by atoms with van der Waals surface area (Å²) in [5.41, 5.74) is 0.563. The Bertz CT molecular complexity index is 1040. The molecule has 152 valence electrons. The molecule has 0 aliphatic carbocycles. The molecule has 4 rings (SSSR count). The predicted molar refractivity (Wildman–Crippen MR) is 109 cm³/mol. The summed E-state index contributed by atoms with van der Waals surface area (Å²) in [6.45, 7) is 6.31. The van der Waals surface area contributed by atoms with Crippen molar-refractivity contribution in [2.75, 3.05) is 42.7 Å². The van der Waals surface area contributed by atoms with Crippen molar-refractivity contribution in [2.45, 2.75) is 19.0 Å². The molecule has 10 nitrogen and oxygen atoms in total. The zero-order valence-electron chi connectivity index (χ0n) is 16.1. The lowest BCUT2D eigenvalue weighted by Gasteiger charge is -2.18. The third-order valence-corrected chi connectivity index (χ3v) is 5.04. The van der Waals surface area contributed by atoms with Crippen LogP contribution in [0.5, 0.6) is 11.5 Å². The van der Waals surface area contributed by atoms with Gasteiger partial charge in [-0.2, -0.15) is 9.97 Å². The lowest BCUT2D eigenvalue weighted by Crippen LogP contribution is -2.16. The van der Waals surface area contributed by atoms with E-state index in [1.54, 1.807) is 22.6 Å². The molecule has 11 heteroatoms. The largest absolute Gasteiger partial charge is 0.486 e. The maximum absolute atomic E-state index is 12.7. The molecule has 0 saturated heterocycles. The number of ether oxygens (including phenoxy) is 2. The van der Waals surface area contributed by atoms with E-state index < -0.39 is 0 Å². The van der Waals surface area contributed by atoms with Gasteiger partial charge in [-0.05, 0) is 32.0 Å². The first-order valence-corrected chi connectivity index (χ1v) is 10.3. The molecule has 0 bridgehead atoms. The van der Waals surface area contributed by atoms with Crippen molar-refractivity contribution in [3.63, 3.8) is 0 Å². The molecule has 2 aromatic heterocycles.